The molecule has 0 bridgehead atoms. The molecule has 1 amide bonds. The minimum atomic E-state index is -0.352. The first-order chi connectivity index (χ1) is 18.0. The standard InChI is InChI=1S/C30H42N6O2/c1-20(2)12-15-35(16-13-21(3)4)28(38)24-8-11-26-27(18-24)36(17-14-30(31)19-32-30)29(34-26)33-25-9-6-23(7-10-25)22(5)37/h6-11,18,20-21,32H,12-17,19,31H2,1-5H3,(H,33,34). The van der Waals surface area contributed by atoms with Crippen molar-refractivity contribution in [1.82, 2.24) is 19.8 Å². The quantitative estimate of drug-likeness (QED) is 0.213. The lowest BCUT2D eigenvalue weighted by atomic mass is 10.1. The highest BCUT2D eigenvalue weighted by Gasteiger charge is 2.37. The molecule has 0 saturated carbocycles. The highest BCUT2D eigenvalue weighted by Crippen LogP contribution is 2.27. The lowest BCUT2D eigenvalue weighted by molar-refractivity contribution is 0.0740. The van der Waals surface area contributed by atoms with Gasteiger partial charge < -0.3 is 20.5 Å². The smallest absolute Gasteiger partial charge is 0.253 e. The number of benzene rings is 2. The molecule has 1 aliphatic heterocycles. The molecule has 4 rings (SSSR count). The molecule has 8 nitrogen and oxygen atoms in total. The average Bonchev–Trinajstić information content (AvgIpc) is 3.51. The van der Waals surface area contributed by atoms with Crippen molar-refractivity contribution in [3.05, 3.63) is 53.6 Å². The van der Waals surface area contributed by atoms with Crippen LogP contribution >= 0.6 is 0 Å². The third-order valence-electron chi connectivity index (χ3n) is 7.20. The fourth-order valence-electron chi connectivity index (χ4n) is 4.42. The third kappa shape index (κ3) is 6.99. The van der Waals surface area contributed by atoms with Crippen LogP contribution in [0.3, 0.4) is 0 Å². The van der Waals surface area contributed by atoms with Gasteiger partial charge in [0.25, 0.3) is 5.91 Å². The van der Waals surface area contributed by atoms with E-state index in [4.69, 9.17) is 10.7 Å². The van der Waals surface area contributed by atoms with Gasteiger partial charge in [0.05, 0.1) is 16.7 Å². The van der Waals surface area contributed by atoms with Crippen molar-refractivity contribution >= 4 is 34.4 Å². The van der Waals surface area contributed by atoms with Crippen LogP contribution in [0.25, 0.3) is 11.0 Å². The molecule has 0 aliphatic carbocycles. The monoisotopic (exact) mass is 518 g/mol. The van der Waals surface area contributed by atoms with E-state index in [-0.39, 0.29) is 17.4 Å². The Hall–Kier alpha value is -3.23. The summed E-state index contributed by atoms with van der Waals surface area (Å²) in [7, 11) is 0. The van der Waals surface area contributed by atoms with E-state index in [1.165, 1.54) is 0 Å². The predicted molar refractivity (Wildman–Crippen MR) is 154 cm³/mol. The van der Waals surface area contributed by atoms with Crippen molar-refractivity contribution < 1.29 is 9.59 Å². The van der Waals surface area contributed by atoms with Crippen LogP contribution in [0.2, 0.25) is 0 Å². The number of rotatable bonds is 13. The van der Waals surface area contributed by atoms with Crippen LogP contribution in [0.1, 0.15) is 74.6 Å². The maximum absolute atomic E-state index is 13.7. The number of ketones is 1. The fourth-order valence-corrected chi connectivity index (χ4v) is 4.42. The van der Waals surface area contributed by atoms with Gasteiger partial charge in [0.2, 0.25) is 5.95 Å². The van der Waals surface area contributed by atoms with E-state index in [2.05, 4.69) is 42.9 Å². The molecule has 1 fully saturated rings. The molecular weight excluding hydrogens is 476 g/mol. The van der Waals surface area contributed by atoms with Gasteiger partial charge in [-0.3, -0.25) is 14.9 Å². The number of nitrogens with one attached hydrogen (secondary N) is 2. The Bertz CT molecular complexity index is 1260. The number of carbonyl (C=O) groups is 2. The summed E-state index contributed by atoms with van der Waals surface area (Å²) in [6.07, 6.45) is 2.70. The van der Waals surface area contributed by atoms with Gasteiger partial charge in [-0.15, -0.1) is 0 Å². The summed E-state index contributed by atoms with van der Waals surface area (Å²) >= 11 is 0. The van der Waals surface area contributed by atoms with E-state index in [1.54, 1.807) is 19.1 Å². The minimum Gasteiger partial charge on any atom is -0.339 e. The molecule has 2 aromatic carbocycles. The van der Waals surface area contributed by atoms with Crippen LogP contribution in [0.5, 0.6) is 0 Å². The number of carbonyl (C=O) groups excluding carboxylic acids is 2. The highest BCUT2D eigenvalue weighted by atomic mass is 16.2. The zero-order valence-corrected chi connectivity index (χ0v) is 23.4. The van der Waals surface area contributed by atoms with Crippen LogP contribution in [0.15, 0.2) is 42.5 Å². The molecule has 1 unspecified atom stereocenters. The minimum absolute atomic E-state index is 0.0296. The Labute approximate surface area is 226 Å². The van der Waals surface area contributed by atoms with Crippen molar-refractivity contribution in [2.24, 2.45) is 17.6 Å². The van der Waals surface area contributed by atoms with Gasteiger partial charge in [0, 0.05) is 43.0 Å². The summed E-state index contributed by atoms with van der Waals surface area (Å²) in [4.78, 5) is 32.2. The van der Waals surface area contributed by atoms with Gasteiger partial charge >= 0.3 is 0 Å². The third-order valence-corrected chi connectivity index (χ3v) is 7.20. The van der Waals surface area contributed by atoms with E-state index in [9.17, 15) is 9.59 Å². The van der Waals surface area contributed by atoms with Crippen molar-refractivity contribution in [3.63, 3.8) is 0 Å². The molecule has 1 aromatic heterocycles. The number of nitrogens with zero attached hydrogens (tertiary/aromatic N) is 3. The summed E-state index contributed by atoms with van der Waals surface area (Å²) < 4.78 is 2.10. The van der Waals surface area contributed by atoms with Crippen LogP contribution < -0.4 is 16.4 Å². The van der Waals surface area contributed by atoms with E-state index >= 15 is 0 Å². The lowest BCUT2D eigenvalue weighted by Crippen LogP contribution is -2.34. The molecule has 1 atom stereocenters. The second-order valence-electron chi connectivity index (χ2n) is 11.5. The maximum Gasteiger partial charge on any atom is 0.253 e. The van der Waals surface area contributed by atoms with Gasteiger partial charge in [-0.1, -0.05) is 27.7 Å². The molecule has 1 aliphatic rings. The van der Waals surface area contributed by atoms with Gasteiger partial charge in [-0.25, -0.2) is 4.98 Å². The first kappa shape index (κ1) is 27.8. The second-order valence-corrected chi connectivity index (χ2v) is 11.5. The molecule has 0 radical (unpaired) electrons. The number of imidazole rings is 1. The van der Waals surface area contributed by atoms with E-state index in [0.717, 1.165) is 55.6 Å². The summed E-state index contributed by atoms with van der Waals surface area (Å²) in [6.45, 7) is 13.3. The van der Waals surface area contributed by atoms with Crippen molar-refractivity contribution in [2.45, 2.75) is 66.1 Å². The largest absolute Gasteiger partial charge is 0.339 e. The molecule has 38 heavy (non-hydrogen) atoms. The summed E-state index contributed by atoms with van der Waals surface area (Å²) in [6, 6.07) is 13.2. The Morgan fingerprint density at radius 2 is 1.66 bits per heavy atom. The molecule has 4 N–H and O–H groups in total. The zero-order chi connectivity index (χ0) is 27.4. The fraction of sp³-hybridized carbons (Fsp3) is 0.500. The van der Waals surface area contributed by atoms with Crippen molar-refractivity contribution in [2.75, 3.05) is 25.0 Å². The number of fused-ring (bicyclic) bond motifs is 1. The molecule has 2 heterocycles. The number of aryl methyl sites for hydroxylation is 1. The van der Waals surface area contributed by atoms with Crippen LogP contribution in [-0.4, -0.2) is 51.4 Å². The SMILES string of the molecule is CC(=O)c1ccc(Nc2nc3ccc(C(=O)N(CCC(C)C)CCC(C)C)cc3n2CCC2(N)CN2)cc1. The van der Waals surface area contributed by atoms with Crippen LogP contribution in [0, 0.1) is 11.8 Å². The molecular formula is C30H42N6O2. The van der Waals surface area contributed by atoms with Gasteiger partial charge in [-0.05, 0) is 80.5 Å². The number of hydrogen-bond donors (Lipinski definition) is 3. The van der Waals surface area contributed by atoms with E-state index in [0.29, 0.717) is 35.5 Å². The molecule has 1 saturated heterocycles. The second kappa shape index (κ2) is 11.7. The molecule has 0 spiro atoms. The predicted octanol–water partition coefficient (Wildman–Crippen LogP) is 5.17. The summed E-state index contributed by atoms with van der Waals surface area (Å²) in [5.41, 5.74) is 9.87. The van der Waals surface area contributed by atoms with Gasteiger partial charge in [0.1, 0.15) is 0 Å². The number of aromatic nitrogens is 2. The first-order valence-corrected chi connectivity index (χ1v) is 13.8. The van der Waals surface area contributed by atoms with Crippen molar-refractivity contribution in [1.29, 1.82) is 0 Å². The summed E-state index contributed by atoms with van der Waals surface area (Å²) in [5.74, 6) is 1.84. The number of Topliss-reactive ketones (excluding diaryl/α,β-unsaturated/α-hetero) is 1. The van der Waals surface area contributed by atoms with E-state index < -0.39 is 0 Å². The number of anilines is 2. The Morgan fingerprint density at radius 3 is 2.21 bits per heavy atom. The number of amides is 1. The molecule has 3 aromatic rings. The Balaban J connectivity index is 1.65. The maximum atomic E-state index is 13.7. The average molecular weight is 519 g/mol. The Morgan fingerprint density at radius 1 is 1.05 bits per heavy atom. The summed E-state index contributed by atoms with van der Waals surface area (Å²) in [5, 5.41) is 6.63. The molecule has 8 heteroatoms. The van der Waals surface area contributed by atoms with E-state index in [1.807, 2.05) is 35.2 Å². The number of nitrogens with two attached hydrogens (primary N) is 1. The lowest BCUT2D eigenvalue weighted by Gasteiger charge is -2.25. The highest BCUT2D eigenvalue weighted by molar-refractivity contribution is 5.98. The first-order valence-electron chi connectivity index (χ1n) is 13.8. The van der Waals surface area contributed by atoms with Gasteiger partial charge in [0.15, 0.2) is 5.78 Å². The van der Waals surface area contributed by atoms with Crippen molar-refractivity contribution in [3.8, 4) is 0 Å². The molecule has 204 valence electrons. The van der Waals surface area contributed by atoms with Crippen LogP contribution in [0.4, 0.5) is 11.6 Å². The topological polar surface area (TPSA) is 115 Å². The zero-order valence-electron chi connectivity index (χ0n) is 23.4. The normalized spacial score (nSPS) is 16.8. The number of hydrogen-bond acceptors (Lipinski definition) is 6. The Kier molecular flexibility index (Phi) is 8.53. The van der Waals surface area contributed by atoms with Gasteiger partial charge in [-0.2, -0.15) is 0 Å². The van der Waals surface area contributed by atoms with Crippen LogP contribution in [-0.2, 0) is 6.54 Å².